The van der Waals surface area contributed by atoms with Gasteiger partial charge in [-0.05, 0) is 30.7 Å². The minimum Gasteiger partial charge on any atom is -0.305 e. The molecule has 2 nitrogen and oxygen atoms in total. The average Bonchev–Trinajstić information content (AvgIpc) is 2.85. The van der Waals surface area contributed by atoms with Gasteiger partial charge >= 0.3 is 0 Å². The monoisotopic (exact) mass is 276 g/mol. The molecule has 0 saturated heterocycles. The number of benzene rings is 1. The van der Waals surface area contributed by atoms with Gasteiger partial charge in [0, 0.05) is 27.9 Å². The molecule has 0 amide bonds. The second-order valence-corrected chi connectivity index (χ2v) is 5.50. The van der Waals surface area contributed by atoms with Crippen LogP contribution in [0.25, 0.3) is 0 Å². The summed E-state index contributed by atoms with van der Waals surface area (Å²) in [7, 11) is 0. The largest absolute Gasteiger partial charge is 0.305 e. The molecular formula is C14H13ClN2S. The van der Waals surface area contributed by atoms with Crippen LogP contribution in [-0.4, -0.2) is 0 Å². The highest BCUT2D eigenvalue weighted by Crippen LogP contribution is 2.18. The number of halogens is 1. The zero-order chi connectivity index (χ0) is 13.0. The number of hydrogen-bond donors (Lipinski definition) is 1. The molecule has 4 heteroatoms. The van der Waals surface area contributed by atoms with Gasteiger partial charge in [-0.2, -0.15) is 5.26 Å². The molecule has 0 saturated carbocycles. The first-order chi connectivity index (χ1) is 8.69. The first-order valence-electron chi connectivity index (χ1n) is 5.65. The zero-order valence-corrected chi connectivity index (χ0v) is 11.6. The Morgan fingerprint density at radius 2 is 2.11 bits per heavy atom. The Hall–Kier alpha value is -1.34. The second-order valence-electron chi connectivity index (χ2n) is 4.07. The van der Waals surface area contributed by atoms with E-state index in [2.05, 4.69) is 18.3 Å². The molecular weight excluding hydrogens is 264 g/mol. The molecule has 1 heterocycles. The Bertz CT molecular complexity index is 554. The van der Waals surface area contributed by atoms with Crippen LogP contribution in [0.1, 0.15) is 29.0 Å². The lowest BCUT2D eigenvalue weighted by Crippen LogP contribution is -2.17. The van der Waals surface area contributed by atoms with Gasteiger partial charge in [0.05, 0.1) is 5.56 Å². The van der Waals surface area contributed by atoms with Gasteiger partial charge in [0.1, 0.15) is 6.07 Å². The SMILES string of the molecule is C[C@H](NCc1cc(C#N)cs1)c1ccc(Cl)cc1. The van der Waals surface area contributed by atoms with Gasteiger partial charge in [0.25, 0.3) is 0 Å². The van der Waals surface area contributed by atoms with Gasteiger partial charge in [-0.1, -0.05) is 23.7 Å². The maximum absolute atomic E-state index is 8.76. The quantitative estimate of drug-likeness (QED) is 0.912. The highest BCUT2D eigenvalue weighted by atomic mass is 35.5. The van der Waals surface area contributed by atoms with Crippen molar-refractivity contribution < 1.29 is 0 Å². The van der Waals surface area contributed by atoms with E-state index in [1.165, 1.54) is 10.4 Å². The van der Waals surface area contributed by atoms with Crippen molar-refractivity contribution in [3.63, 3.8) is 0 Å². The summed E-state index contributed by atoms with van der Waals surface area (Å²) in [6, 6.07) is 12.2. The first kappa shape index (κ1) is 13.1. The number of thiophene rings is 1. The average molecular weight is 277 g/mol. The Kier molecular flexibility index (Phi) is 4.38. The lowest BCUT2D eigenvalue weighted by atomic mass is 10.1. The number of nitrogens with one attached hydrogen (secondary N) is 1. The van der Waals surface area contributed by atoms with Gasteiger partial charge in [-0.15, -0.1) is 11.3 Å². The van der Waals surface area contributed by atoms with Crippen molar-refractivity contribution in [3.05, 3.63) is 56.7 Å². The fraction of sp³-hybridized carbons (Fsp3) is 0.214. The van der Waals surface area contributed by atoms with Crippen LogP contribution in [0.3, 0.4) is 0 Å². The van der Waals surface area contributed by atoms with Crippen molar-refractivity contribution in [1.82, 2.24) is 5.32 Å². The predicted octanol–water partition coefficient (Wildman–Crippen LogP) is 4.12. The van der Waals surface area contributed by atoms with E-state index >= 15 is 0 Å². The fourth-order valence-electron chi connectivity index (χ4n) is 1.65. The van der Waals surface area contributed by atoms with Crippen LogP contribution < -0.4 is 5.32 Å². The fourth-order valence-corrected chi connectivity index (χ4v) is 2.54. The van der Waals surface area contributed by atoms with Crippen LogP contribution in [0.2, 0.25) is 5.02 Å². The summed E-state index contributed by atoms with van der Waals surface area (Å²) < 4.78 is 0. The van der Waals surface area contributed by atoms with E-state index in [-0.39, 0.29) is 6.04 Å². The Labute approximate surface area is 116 Å². The summed E-state index contributed by atoms with van der Waals surface area (Å²) in [5.41, 5.74) is 1.94. The van der Waals surface area contributed by atoms with E-state index in [4.69, 9.17) is 16.9 Å². The van der Waals surface area contributed by atoms with Crippen molar-refractivity contribution in [3.8, 4) is 6.07 Å². The minimum atomic E-state index is 0.259. The van der Waals surface area contributed by atoms with Gasteiger partial charge in [-0.25, -0.2) is 0 Å². The third-order valence-electron chi connectivity index (χ3n) is 2.74. The lowest BCUT2D eigenvalue weighted by Gasteiger charge is -2.13. The number of rotatable bonds is 4. The van der Waals surface area contributed by atoms with Crippen LogP contribution in [0.5, 0.6) is 0 Å². The lowest BCUT2D eigenvalue weighted by molar-refractivity contribution is 0.579. The molecule has 0 spiro atoms. The van der Waals surface area contributed by atoms with Gasteiger partial charge in [-0.3, -0.25) is 0 Å². The molecule has 0 bridgehead atoms. The van der Waals surface area contributed by atoms with Crippen molar-refractivity contribution in [2.45, 2.75) is 19.5 Å². The summed E-state index contributed by atoms with van der Waals surface area (Å²) in [5, 5.41) is 14.8. The molecule has 92 valence electrons. The Morgan fingerprint density at radius 1 is 1.39 bits per heavy atom. The molecule has 0 radical (unpaired) electrons. The smallest absolute Gasteiger partial charge is 0.100 e. The maximum Gasteiger partial charge on any atom is 0.100 e. The van der Waals surface area contributed by atoms with E-state index < -0.39 is 0 Å². The summed E-state index contributed by atoms with van der Waals surface area (Å²) in [5.74, 6) is 0. The van der Waals surface area contributed by atoms with Gasteiger partial charge in [0.15, 0.2) is 0 Å². The van der Waals surface area contributed by atoms with E-state index in [0.717, 1.165) is 17.1 Å². The molecule has 1 aromatic heterocycles. The summed E-state index contributed by atoms with van der Waals surface area (Å²) in [4.78, 5) is 1.17. The molecule has 1 N–H and O–H groups in total. The number of hydrogen-bond acceptors (Lipinski definition) is 3. The molecule has 1 atom stereocenters. The molecule has 0 fully saturated rings. The standard InChI is InChI=1S/C14H13ClN2S/c1-10(12-2-4-13(15)5-3-12)17-8-14-6-11(7-16)9-18-14/h2-6,9-10,17H,8H2,1H3/t10-/m0/s1. The number of nitrogens with zero attached hydrogens (tertiary/aromatic N) is 1. The van der Waals surface area contributed by atoms with Gasteiger partial charge in [0.2, 0.25) is 0 Å². The molecule has 1 aromatic carbocycles. The normalized spacial score (nSPS) is 12.1. The van der Waals surface area contributed by atoms with E-state index in [1.54, 1.807) is 11.3 Å². The van der Waals surface area contributed by atoms with Crippen molar-refractivity contribution in [1.29, 1.82) is 5.26 Å². The summed E-state index contributed by atoms with van der Waals surface area (Å²) in [6.45, 7) is 2.89. The molecule has 0 aliphatic carbocycles. The molecule has 0 aliphatic heterocycles. The third-order valence-corrected chi connectivity index (χ3v) is 3.92. The van der Waals surface area contributed by atoms with E-state index in [9.17, 15) is 0 Å². The Morgan fingerprint density at radius 3 is 2.72 bits per heavy atom. The van der Waals surface area contributed by atoms with Crippen LogP contribution >= 0.6 is 22.9 Å². The van der Waals surface area contributed by atoms with Crippen LogP contribution in [0.15, 0.2) is 35.7 Å². The molecule has 18 heavy (non-hydrogen) atoms. The minimum absolute atomic E-state index is 0.259. The topological polar surface area (TPSA) is 35.8 Å². The Balaban J connectivity index is 1.94. The van der Waals surface area contributed by atoms with Crippen LogP contribution in [0.4, 0.5) is 0 Å². The van der Waals surface area contributed by atoms with E-state index in [0.29, 0.717) is 0 Å². The van der Waals surface area contributed by atoms with Crippen molar-refractivity contribution >= 4 is 22.9 Å². The van der Waals surface area contributed by atoms with Gasteiger partial charge < -0.3 is 5.32 Å². The van der Waals surface area contributed by atoms with Crippen molar-refractivity contribution in [2.75, 3.05) is 0 Å². The summed E-state index contributed by atoms with van der Waals surface area (Å²) in [6.07, 6.45) is 0. The molecule has 0 unspecified atom stereocenters. The third kappa shape index (κ3) is 3.33. The summed E-state index contributed by atoms with van der Waals surface area (Å²) >= 11 is 7.47. The number of nitriles is 1. The molecule has 2 rings (SSSR count). The molecule has 2 aromatic rings. The molecule has 0 aliphatic rings. The van der Waals surface area contributed by atoms with Crippen molar-refractivity contribution in [2.24, 2.45) is 0 Å². The zero-order valence-electron chi connectivity index (χ0n) is 9.98. The first-order valence-corrected chi connectivity index (χ1v) is 6.91. The van der Waals surface area contributed by atoms with Crippen LogP contribution in [0, 0.1) is 11.3 Å². The van der Waals surface area contributed by atoms with Crippen LogP contribution in [-0.2, 0) is 6.54 Å². The highest BCUT2D eigenvalue weighted by molar-refractivity contribution is 7.10. The highest BCUT2D eigenvalue weighted by Gasteiger charge is 2.05. The van der Waals surface area contributed by atoms with E-state index in [1.807, 2.05) is 35.7 Å². The maximum atomic E-state index is 8.76. The second kappa shape index (κ2) is 6.01. The predicted molar refractivity (Wildman–Crippen MR) is 75.7 cm³/mol.